The maximum absolute atomic E-state index is 9.97. The Hall–Kier alpha value is -0.900. The summed E-state index contributed by atoms with van der Waals surface area (Å²) in [5.74, 6) is 0. The third kappa shape index (κ3) is 4.58. The monoisotopic (exact) mass is 277 g/mol. The van der Waals surface area contributed by atoms with Crippen LogP contribution in [-0.2, 0) is 11.3 Å². The molecule has 1 saturated heterocycles. The van der Waals surface area contributed by atoms with Crippen molar-refractivity contribution in [2.45, 2.75) is 51.9 Å². The molecule has 0 bridgehead atoms. The molecule has 1 aliphatic rings. The zero-order chi connectivity index (χ0) is 14.4. The average molecular weight is 277 g/mol. The Bertz CT molecular complexity index is 402. The fourth-order valence-corrected chi connectivity index (χ4v) is 2.74. The zero-order valence-electron chi connectivity index (χ0n) is 12.7. The first-order valence-electron chi connectivity index (χ1n) is 7.75. The summed E-state index contributed by atoms with van der Waals surface area (Å²) in [6.45, 7) is 7.61. The van der Waals surface area contributed by atoms with Crippen molar-refractivity contribution in [2.75, 3.05) is 19.7 Å². The number of aliphatic hydroxyl groups is 1. The van der Waals surface area contributed by atoms with Gasteiger partial charge >= 0.3 is 0 Å². The minimum Gasteiger partial charge on any atom is -0.392 e. The van der Waals surface area contributed by atoms with Crippen LogP contribution in [0.5, 0.6) is 0 Å². The first-order valence-corrected chi connectivity index (χ1v) is 7.75. The highest BCUT2D eigenvalue weighted by Crippen LogP contribution is 2.17. The topological polar surface area (TPSA) is 32.7 Å². The van der Waals surface area contributed by atoms with E-state index in [4.69, 9.17) is 4.74 Å². The van der Waals surface area contributed by atoms with Crippen LogP contribution in [0.15, 0.2) is 24.3 Å². The van der Waals surface area contributed by atoms with Crippen molar-refractivity contribution in [2.24, 2.45) is 0 Å². The Morgan fingerprint density at radius 1 is 1.40 bits per heavy atom. The third-order valence-corrected chi connectivity index (χ3v) is 4.08. The summed E-state index contributed by atoms with van der Waals surface area (Å²) in [6, 6.07) is 8.49. The van der Waals surface area contributed by atoms with Crippen LogP contribution in [0.2, 0.25) is 0 Å². The minimum atomic E-state index is -0.250. The average Bonchev–Trinajstić information content (AvgIpc) is 2.94. The predicted molar refractivity (Wildman–Crippen MR) is 81.7 cm³/mol. The number of rotatable bonds is 7. The molecule has 1 aliphatic heterocycles. The standard InChI is InChI=1S/C17H27NO2/c1-3-16(19)12-18(13-17-9-6-10-20-17)11-15-8-5-4-7-14(15)2/h4-5,7-8,16-17,19H,3,6,9-13H2,1-2H3. The van der Waals surface area contributed by atoms with Gasteiger partial charge in [-0.2, -0.15) is 0 Å². The van der Waals surface area contributed by atoms with Crippen molar-refractivity contribution in [3.05, 3.63) is 35.4 Å². The second kappa shape index (κ2) is 7.77. The van der Waals surface area contributed by atoms with Crippen LogP contribution in [0.4, 0.5) is 0 Å². The number of ether oxygens (including phenoxy) is 1. The quantitative estimate of drug-likeness (QED) is 0.832. The van der Waals surface area contributed by atoms with E-state index < -0.39 is 0 Å². The van der Waals surface area contributed by atoms with E-state index in [1.54, 1.807) is 0 Å². The van der Waals surface area contributed by atoms with Crippen LogP contribution in [0.3, 0.4) is 0 Å². The van der Waals surface area contributed by atoms with Crippen molar-refractivity contribution in [3.8, 4) is 0 Å². The molecule has 0 amide bonds. The van der Waals surface area contributed by atoms with Gasteiger partial charge in [0.25, 0.3) is 0 Å². The van der Waals surface area contributed by atoms with Gasteiger partial charge < -0.3 is 9.84 Å². The SMILES string of the molecule is CCC(O)CN(Cc1ccccc1C)CC1CCCO1. The zero-order valence-corrected chi connectivity index (χ0v) is 12.7. The molecule has 2 unspecified atom stereocenters. The normalized spacial score (nSPS) is 20.5. The molecule has 1 aromatic rings. The molecular weight excluding hydrogens is 250 g/mol. The van der Waals surface area contributed by atoms with Gasteiger partial charge in [-0.1, -0.05) is 31.2 Å². The lowest BCUT2D eigenvalue weighted by Crippen LogP contribution is -2.37. The van der Waals surface area contributed by atoms with E-state index in [0.717, 1.165) is 39.1 Å². The van der Waals surface area contributed by atoms with Gasteiger partial charge in [0.2, 0.25) is 0 Å². The lowest BCUT2D eigenvalue weighted by atomic mass is 10.1. The van der Waals surface area contributed by atoms with Gasteiger partial charge in [0.05, 0.1) is 12.2 Å². The highest BCUT2D eigenvalue weighted by atomic mass is 16.5. The van der Waals surface area contributed by atoms with Gasteiger partial charge in [0.15, 0.2) is 0 Å². The van der Waals surface area contributed by atoms with Crippen LogP contribution >= 0.6 is 0 Å². The Balaban J connectivity index is 1.99. The molecule has 1 heterocycles. The Morgan fingerprint density at radius 2 is 2.20 bits per heavy atom. The van der Waals surface area contributed by atoms with E-state index in [9.17, 15) is 5.11 Å². The van der Waals surface area contributed by atoms with Gasteiger partial charge in [-0.15, -0.1) is 0 Å². The molecule has 3 heteroatoms. The molecule has 0 spiro atoms. The molecule has 1 aromatic carbocycles. The number of aliphatic hydroxyl groups excluding tert-OH is 1. The fraction of sp³-hybridized carbons (Fsp3) is 0.647. The summed E-state index contributed by atoms with van der Waals surface area (Å²) in [7, 11) is 0. The molecule has 112 valence electrons. The summed E-state index contributed by atoms with van der Waals surface area (Å²) in [5.41, 5.74) is 2.66. The Labute approximate surface area is 122 Å². The van der Waals surface area contributed by atoms with Gasteiger partial charge in [0, 0.05) is 26.2 Å². The third-order valence-electron chi connectivity index (χ3n) is 4.08. The molecule has 1 fully saturated rings. The van der Waals surface area contributed by atoms with Crippen molar-refractivity contribution in [1.29, 1.82) is 0 Å². The smallest absolute Gasteiger partial charge is 0.0702 e. The van der Waals surface area contributed by atoms with E-state index in [-0.39, 0.29) is 6.10 Å². The molecule has 20 heavy (non-hydrogen) atoms. The van der Waals surface area contributed by atoms with Gasteiger partial charge in [-0.25, -0.2) is 0 Å². The number of benzene rings is 1. The van der Waals surface area contributed by atoms with E-state index in [0.29, 0.717) is 6.10 Å². The van der Waals surface area contributed by atoms with Crippen LogP contribution in [0.25, 0.3) is 0 Å². The van der Waals surface area contributed by atoms with Gasteiger partial charge in [0.1, 0.15) is 0 Å². The van der Waals surface area contributed by atoms with Crippen LogP contribution in [-0.4, -0.2) is 41.9 Å². The molecule has 1 N–H and O–H groups in total. The van der Waals surface area contributed by atoms with E-state index >= 15 is 0 Å². The molecule has 0 aromatic heterocycles. The first kappa shape index (κ1) is 15.5. The van der Waals surface area contributed by atoms with E-state index in [2.05, 4.69) is 36.1 Å². The lowest BCUT2D eigenvalue weighted by molar-refractivity contribution is 0.0454. The largest absolute Gasteiger partial charge is 0.392 e. The molecule has 0 saturated carbocycles. The van der Waals surface area contributed by atoms with Crippen molar-refractivity contribution >= 4 is 0 Å². The van der Waals surface area contributed by atoms with Crippen molar-refractivity contribution in [3.63, 3.8) is 0 Å². The van der Waals surface area contributed by atoms with Crippen molar-refractivity contribution in [1.82, 2.24) is 4.90 Å². The predicted octanol–water partition coefficient (Wildman–Crippen LogP) is 2.75. The first-order chi connectivity index (χ1) is 9.69. The number of aryl methyl sites for hydroxylation is 1. The van der Waals surface area contributed by atoms with Gasteiger partial charge in [-0.05, 0) is 37.3 Å². The molecule has 0 aliphatic carbocycles. The van der Waals surface area contributed by atoms with Crippen LogP contribution in [0.1, 0.15) is 37.3 Å². The second-order valence-electron chi connectivity index (χ2n) is 5.82. The second-order valence-corrected chi connectivity index (χ2v) is 5.82. The molecule has 2 rings (SSSR count). The Morgan fingerprint density at radius 3 is 2.85 bits per heavy atom. The number of hydrogen-bond acceptors (Lipinski definition) is 3. The summed E-state index contributed by atoms with van der Waals surface area (Å²) < 4.78 is 5.74. The maximum Gasteiger partial charge on any atom is 0.0702 e. The maximum atomic E-state index is 9.97. The summed E-state index contributed by atoms with van der Waals surface area (Å²) in [4.78, 5) is 2.34. The number of hydrogen-bond donors (Lipinski definition) is 1. The van der Waals surface area contributed by atoms with E-state index in [1.165, 1.54) is 17.5 Å². The minimum absolute atomic E-state index is 0.250. The van der Waals surface area contributed by atoms with Crippen molar-refractivity contribution < 1.29 is 9.84 Å². The van der Waals surface area contributed by atoms with Crippen LogP contribution in [0, 0.1) is 6.92 Å². The highest BCUT2D eigenvalue weighted by molar-refractivity contribution is 5.25. The summed E-state index contributed by atoms with van der Waals surface area (Å²) >= 11 is 0. The fourth-order valence-electron chi connectivity index (χ4n) is 2.74. The van der Waals surface area contributed by atoms with E-state index in [1.807, 2.05) is 6.92 Å². The number of nitrogens with zero attached hydrogens (tertiary/aromatic N) is 1. The molecule has 2 atom stereocenters. The molecule has 3 nitrogen and oxygen atoms in total. The Kier molecular flexibility index (Phi) is 6.02. The molecular formula is C17H27NO2. The summed E-state index contributed by atoms with van der Waals surface area (Å²) in [6.07, 6.45) is 3.20. The van der Waals surface area contributed by atoms with Crippen LogP contribution < -0.4 is 0 Å². The highest BCUT2D eigenvalue weighted by Gasteiger charge is 2.21. The molecule has 0 radical (unpaired) electrons. The van der Waals surface area contributed by atoms with Gasteiger partial charge in [-0.3, -0.25) is 4.90 Å². The lowest BCUT2D eigenvalue weighted by Gasteiger charge is -2.27. The summed E-state index contributed by atoms with van der Waals surface area (Å²) in [5, 5.41) is 9.97.